The van der Waals surface area contributed by atoms with E-state index in [4.69, 9.17) is 4.74 Å². The Kier molecular flexibility index (Phi) is 6.63. The lowest BCUT2D eigenvalue weighted by Crippen LogP contribution is -2.56. The van der Waals surface area contributed by atoms with Crippen LogP contribution < -0.4 is 4.31 Å². The van der Waals surface area contributed by atoms with Gasteiger partial charge in [0, 0.05) is 26.2 Å². The predicted octanol–water partition coefficient (Wildman–Crippen LogP) is 1.28. The van der Waals surface area contributed by atoms with Gasteiger partial charge in [0.25, 0.3) is 0 Å². The highest BCUT2D eigenvalue weighted by atomic mass is 32.2. The van der Waals surface area contributed by atoms with Crippen molar-refractivity contribution in [2.75, 3.05) is 43.3 Å². The molecule has 0 aliphatic carbocycles. The Labute approximate surface area is 158 Å². The summed E-state index contributed by atoms with van der Waals surface area (Å²) in [5.74, 6) is -0.880. The van der Waals surface area contributed by atoms with E-state index in [2.05, 4.69) is 0 Å². The first-order valence-corrected chi connectivity index (χ1v) is 10.5. The molecule has 0 radical (unpaired) electrons. The van der Waals surface area contributed by atoms with E-state index < -0.39 is 28.0 Å². The van der Waals surface area contributed by atoms with Crippen molar-refractivity contribution in [1.82, 2.24) is 9.80 Å². The van der Waals surface area contributed by atoms with Crippen LogP contribution >= 0.6 is 0 Å². The van der Waals surface area contributed by atoms with E-state index in [1.807, 2.05) is 0 Å². The van der Waals surface area contributed by atoms with Gasteiger partial charge >= 0.3 is 6.09 Å². The second kappa shape index (κ2) is 8.55. The van der Waals surface area contributed by atoms with E-state index in [1.165, 1.54) is 28.9 Å². The van der Waals surface area contributed by atoms with Crippen molar-refractivity contribution in [2.24, 2.45) is 0 Å². The summed E-state index contributed by atoms with van der Waals surface area (Å²) in [4.78, 5) is 27.6. The van der Waals surface area contributed by atoms with Gasteiger partial charge in [0.05, 0.1) is 18.6 Å². The standard InChI is InChI=1S/C17H24FN3O5S/c1-4-26-17(23)20-11-9-19(10-12-20)16(22)13(2)21(27(3,24)25)15-7-5-14(18)6-8-15/h5-8,13H,4,9-12H2,1-3H3/t13-/m1/s1. The Morgan fingerprint density at radius 3 is 2.15 bits per heavy atom. The van der Waals surface area contributed by atoms with E-state index in [9.17, 15) is 22.4 Å². The lowest BCUT2D eigenvalue weighted by molar-refractivity contribution is -0.133. The first-order chi connectivity index (χ1) is 12.6. The number of hydrogen-bond acceptors (Lipinski definition) is 5. The van der Waals surface area contributed by atoms with Crippen LogP contribution in [0.4, 0.5) is 14.9 Å². The molecule has 1 aliphatic rings. The average molecular weight is 401 g/mol. The highest BCUT2D eigenvalue weighted by Crippen LogP contribution is 2.22. The van der Waals surface area contributed by atoms with Crippen molar-refractivity contribution in [2.45, 2.75) is 19.9 Å². The topological polar surface area (TPSA) is 87.2 Å². The molecule has 0 aromatic heterocycles. The van der Waals surface area contributed by atoms with Gasteiger partial charge in [-0.1, -0.05) is 0 Å². The molecule has 0 bridgehead atoms. The molecule has 1 aromatic carbocycles. The maximum absolute atomic E-state index is 13.2. The fourth-order valence-corrected chi connectivity index (χ4v) is 4.15. The molecule has 27 heavy (non-hydrogen) atoms. The van der Waals surface area contributed by atoms with Crippen molar-refractivity contribution >= 4 is 27.7 Å². The van der Waals surface area contributed by atoms with Crippen LogP contribution in [-0.4, -0.2) is 75.3 Å². The van der Waals surface area contributed by atoms with Gasteiger partial charge in [-0.3, -0.25) is 9.10 Å². The smallest absolute Gasteiger partial charge is 0.409 e. The summed E-state index contributed by atoms with van der Waals surface area (Å²) in [5, 5.41) is 0. The van der Waals surface area contributed by atoms with Crippen LogP contribution in [0, 0.1) is 5.82 Å². The molecule has 1 atom stereocenters. The number of hydrogen-bond donors (Lipinski definition) is 0. The molecule has 1 fully saturated rings. The van der Waals surface area contributed by atoms with Crippen LogP contribution in [0.5, 0.6) is 0 Å². The summed E-state index contributed by atoms with van der Waals surface area (Å²) in [6, 6.07) is 3.92. The molecule has 0 spiro atoms. The van der Waals surface area contributed by atoms with Gasteiger partial charge in [0.15, 0.2) is 0 Å². The fourth-order valence-electron chi connectivity index (χ4n) is 2.98. The molecule has 0 unspecified atom stereocenters. The van der Waals surface area contributed by atoms with Gasteiger partial charge in [-0.25, -0.2) is 17.6 Å². The minimum atomic E-state index is -3.77. The number of piperazine rings is 1. The maximum Gasteiger partial charge on any atom is 0.409 e. The van der Waals surface area contributed by atoms with Crippen LogP contribution in [0.25, 0.3) is 0 Å². The third-order valence-corrected chi connectivity index (χ3v) is 5.51. The molecule has 8 nitrogen and oxygen atoms in total. The van der Waals surface area contributed by atoms with Crippen molar-refractivity contribution < 1.29 is 27.1 Å². The molecule has 1 heterocycles. The zero-order chi connectivity index (χ0) is 20.2. The molecule has 1 aliphatic heterocycles. The van der Waals surface area contributed by atoms with Crippen LogP contribution in [0.2, 0.25) is 0 Å². The summed E-state index contributed by atoms with van der Waals surface area (Å²) >= 11 is 0. The largest absolute Gasteiger partial charge is 0.450 e. The van der Waals surface area contributed by atoms with Gasteiger partial charge in [-0.15, -0.1) is 0 Å². The number of sulfonamides is 1. The molecular weight excluding hydrogens is 377 g/mol. The number of nitrogens with zero attached hydrogens (tertiary/aromatic N) is 3. The van der Waals surface area contributed by atoms with Crippen LogP contribution in [-0.2, 0) is 19.6 Å². The summed E-state index contributed by atoms with van der Waals surface area (Å²) in [7, 11) is -3.77. The first-order valence-electron chi connectivity index (χ1n) is 8.60. The van der Waals surface area contributed by atoms with Crippen LogP contribution in [0.1, 0.15) is 13.8 Å². The SMILES string of the molecule is CCOC(=O)N1CCN(C(=O)[C@@H](C)N(c2ccc(F)cc2)S(C)(=O)=O)CC1. The second-order valence-corrected chi connectivity index (χ2v) is 8.08. The summed E-state index contributed by atoms with van der Waals surface area (Å²) in [6.45, 7) is 4.67. The molecule has 0 saturated carbocycles. The lowest BCUT2D eigenvalue weighted by atomic mass is 10.2. The molecule has 1 aromatic rings. The van der Waals surface area contributed by atoms with Gasteiger partial charge in [-0.2, -0.15) is 0 Å². The molecule has 1 saturated heterocycles. The van der Waals surface area contributed by atoms with E-state index in [1.54, 1.807) is 6.92 Å². The molecule has 150 valence electrons. The number of anilines is 1. The van der Waals surface area contributed by atoms with E-state index in [-0.39, 0.29) is 31.3 Å². The molecular formula is C17H24FN3O5S. The third-order valence-electron chi connectivity index (χ3n) is 4.26. The normalized spacial score (nSPS) is 16.0. The quantitative estimate of drug-likeness (QED) is 0.742. The van der Waals surface area contributed by atoms with Crippen molar-refractivity contribution in [3.8, 4) is 0 Å². The molecule has 10 heteroatoms. The zero-order valence-electron chi connectivity index (χ0n) is 15.6. The number of benzene rings is 1. The number of carbonyl (C=O) groups is 2. The van der Waals surface area contributed by atoms with Gasteiger partial charge in [-0.05, 0) is 38.1 Å². The number of halogens is 1. The van der Waals surface area contributed by atoms with Crippen molar-refractivity contribution in [3.05, 3.63) is 30.1 Å². The minimum absolute atomic E-state index is 0.213. The molecule has 2 rings (SSSR count). The highest BCUT2D eigenvalue weighted by molar-refractivity contribution is 7.92. The Balaban J connectivity index is 2.12. The first kappa shape index (κ1) is 20.9. The molecule has 0 N–H and O–H groups in total. The van der Waals surface area contributed by atoms with Crippen molar-refractivity contribution in [3.63, 3.8) is 0 Å². The minimum Gasteiger partial charge on any atom is -0.450 e. The number of ether oxygens (including phenoxy) is 1. The lowest BCUT2D eigenvalue weighted by Gasteiger charge is -2.37. The molecule has 2 amide bonds. The highest BCUT2D eigenvalue weighted by Gasteiger charge is 2.34. The van der Waals surface area contributed by atoms with Crippen LogP contribution in [0.3, 0.4) is 0 Å². The van der Waals surface area contributed by atoms with Gasteiger partial charge in [0.2, 0.25) is 15.9 Å². The van der Waals surface area contributed by atoms with Gasteiger partial charge in [0.1, 0.15) is 11.9 Å². The number of rotatable bonds is 5. The fraction of sp³-hybridized carbons (Fsp3) is 0.529. The number of carbonyl (C=O) groups excluding carboxylic acids is 2. The summed E-state index contributed by atoms with van der Waals surface area (Å²) < 4.78 is 43.6. The Morgan fingerprint density at radius 2 is 1.67 bits per heavy atom. The van der Waals surface area contributed by atoms with E-state index >= 15 is 0 Å². The van der Waals surface area contributed by atoms with E-state index in [0.29, 0.717) is 13.1 Å². The Hall–Kier alpha value is -2.36. The zero-order valence-corrected chi connectivity index (χ0v) is 16.4. The number of amides is 2. The van der Waals surface area contributed by atoms with E-state index in [0.717, 1.165) is 22.7 Å². The predicted molar refractivity (Wildman–Crippen MR) is 98.4 cm³/mol. The Morgan fingerprint density at radius 1 is 1.15 bits per heavy atom. The Bertz CT molecular complexity index is 776. The second-order valence-electron chi connectivity index (χ2n) is 6.22. The maximum atomic E-state index is 13.2. The summed E-state index contributed by atoms with van der Waals surface area (Å²) in [6.07, 6.45) is 0.570. The monoisotopic (exact) mass is 401 g/mol. The van der Waals surface area contributed by atoms with Crippen LogP contribution in [0.15, 0.2) is 24.3 Å². The average Bonchev–Trinajstić information content (AvgIpc) is 2.62. The third kappa shape index (κ3) is 5.09. The summed E-state index contributed by atoms with van der Waals surface area (Å²) in [5.41, 5.74) is 0.213. The van der Waals surface area contributed by atoms with Crippen molar-refractivity contribution in [1.29, 1.82) is 0 Å². The van der Waals surface area contributed by atoms with Gasteiger partial charge < -0.3 is 14.5 Å².